The summed E-state index contributed by atoms with van der Waals surface area (Å²) < 4.78 is 22.6. The van der Waals surface area contributed by atoms with Crippen LogP contribution in [0.3, 0.4) is 0 Å². The quantitative estimate of drug-likeness (QED) is 0.839. The van der Waals surface area contributed by atoms with E-state index in [-0.39, 0.29) is 24.0 Å². The average molecular weight is 294 g/mol. The summed E-state index contributed by atoms with van der Waals surface area (Å²) in [6.45, 7) is 2.46. The number of aryl methyl sites for hydroxylation is 1. The van der Waals surface area contributed by atoms with Gasteiger partial charge in [-0.2, -0.15) is 0 Å². The summed E-state index contributed by atoms with van der Waals surface area (Å²) in [5.74, 6) is -0.206. The van der Waals surface area contributed by atoms with Gasteiger partial charge in [0.2, 0.25) is 5.91 Å². The van der Waals surface area contributed by atoms with Crippen molar-refractivity contribution in [3.63, 3.8) is 0 Å². The summed E-state index contributed by atoms with van der Waals surface area (Å²) in [5, 5.41) is 1.21. The van der Waals surface area contributed by atoms with Gasteiger partial charge in [0.05, 0.1) is 5.75 Å². The SMILES string of the molecule is Cc1cnccc1CN(C)C(=O)C[C@@H]1C=CS(=O)(=O)C1. The number of hydrogen-bond donors (Lipinski definition) is 0. The highest BCUT2D eigenvalue weighted by Gasteiger charge is 2.25. The second-order valence-electron chi connectivity index (χ2n) is 5.17. The molecule has 1 aliphatic heterocycles. The Kier molecular flexibility index (Phi) is 4.23. The molecule has 1 atom stereocenters. The molecule has 108 valence electrons. The molecule has 6 heteroatoms. The lowest BCUT2D eigenvalue weighted by Crippen LogP contribution is -2.28. The van der Waals surface area contributed by atoms with Gasteiger partial charge in [0.25, 0.3) is 0 Å². The van der Waals surface area contributed by atoms with Gasteiger partial charge in [0.15, 0.2) is 9.84 Å². The number of aromatic nitrogens is 1. The van der Waals surface area contributed by atoms with E-state index in [9.17, 15) is 13.2 Å². The van der Waals surface area contributed by atoms with Gasteiger partial charge < -0.3 is 4.90 Å². The first-order valence-corrected chi connectivity index (χ1v) is 8.13. The minimum Gasteiger partial charge on any atom is -0.341 e. The van der Waals surface area contributed by atoms with Crippen LogP contribution in [0, 0.1) is 12.8 Å². The Morgan fingerprint density at radius 2 is 2.25 bits per heavy atom. The molecule has 0 radical (unpaired) electrons. The molecule has 1 aliphatic rings. The number of amides is 1. The minimum absolute atomic E-state index is 0.0425. The predicted octanol–water partition coefficient (Wildman–Crippen LogP) is 1.30. The fourth-order valence-electron chi connectivity index (χ4n) is 2.17. The molecule has 0 aromatic carbocycles. The number of allylic oxidation sites excluding steroid dienone is 1. The molecule has 5 nitrogen and oxygen atoms in total. The van der Waals surface area contributed by atoms with Crippen LogP contribution in [0.1, 0.15) is 17.5 Å². The number of sulfone groups is 1. The van der Waals surface area contributed by atoms with E-state index < -0.39 is 9.84 Å². The van der Waals surface area contributed by atoms with Gasteiger partial charge >= 0.3 is 0 Å². The second kappa shape index (κ2) is 5.75. The van der Waals surface area contributed by atoms with Gasteiger partial charge in [-0.25, -0.2) is 8.42 Å². The third-order valence-corrected chi connectivity index (χ3v) is 4.88. The number of carbonyl (C=O) groups excluding carboxylic acids is 1. The number of hydrogen-bond acceptors (Lipinski definition) is 4. The number of rotatable bonds is 4. The molecule has 0 aliphatic carbocycles. The molecule has 20 heavy (non-hydrogen) atoms. The van der Waals surface area contributed by atoms with Gasteiger partial charge in [-0.15, -0.1) is 0 Å². The Morgan fingerprint density at radius 1 is 1.50 bits per heavy atom. The van der Waals surface area contributed by atoms with E-state index in [1.54, 1.807) is 30.4 Å². The zero-order valence-corrected chi connectivity index (χ0v) is 12.4. The Labute approximate surface area is 119 Å². The topological polar surface area (TPSA) is 67.3 Å². The molecule has 2 rings (SSSR count). The van der Waals surface area contributed by atoms with Gasteiger partial charge in [-0.3, -0.25) is 9.78 Å². The molecular formula is C14H18N2O3S. The van der Waals surface area contributed by atoms with Crippen LogP contribution in [0.2, 0.25) is 0 Å². The highest BCUT2D eigenvalue weighted by atomic mass is 32.2. The van der Waals surface area contributed by atoms with Crippen molar-refractivity contribution >= 4 is 15.7 Å². The standard InChI is InChI=1S/C14H18N2O3S/c1-11-8-15-5-3-13(11)9-16(2)14(17)7-12-4-6-20(18,19)10-12/h3-6,8,12H,7,9-10H2,1-2H3/t12-/m0/s1. The Bertz CT molecular complexity index is 638. The molecule has 0 fully saturated rings. The lowest BCUT2D eigenvalue weighted by molar-refractivity contribution is -0.130. The zero-order chi connectivity index (χ0) is 14.8. The fourth-order valence-corrected chi connectivity index (χ4v) is 3.57. The van der Waals surface area contributed by atoms with Crippen molar-refractivity contribution in [1.29, 1.82) is 0 Å². The van der Waals surface area contributed by atoms with Crippen molar-refractivity contribution < 1.29 is 13.2 Å². The maximum absolute atomic E-state index is 12.1. The summed E-state index contributed by atoms with van der Waals surface area (Å²) in [6.07, 6.45) is 5.31. The Hall–Kier alpha value is -1.69. The first kappa shape index (κ1) is 14.7. The lowest BCUT2D eigenvalue weighted by Gasteiger charge is -2.19. The zero-order valence-electron chi connectivity index (χ0n) is 11.6. The van der Waals surface area contributed by atoms with Crippen molar-refractivity contribution in [2.75, 3.05) is 12.8 Å². The molecular weight excluding hydrogens is 276 g/mol. The Balaban J connectivity index is 1.93. The number of pyridine rings is 1. The van der Waals surface area contributed by atoms with Crippen molar-refractivity contribution in [1.82, 2.24) is 9.88 Å². The van der Waals surface area contributed by atoms with Crippen LogP contribution >= 0.6 is 0 Å². The van der Waals surface area contributed by atoms with E-state index >= 15 is 0 Å². The predicted molar refractivity (Wildman–Crippen MR) is 76.5 cm³/mol. The smallest absolute Gasteiger partial charge is 0.223 e. The highest BCUT2D eigenvalue weighted by Crippen LogP contribution is 2.19. The first-order chi connectivity index (χ1) is 9.37. The monoisotopic (exact) mass is 294 g/mol. The molecule has 1 aromatic heterocycles. The van der Waals surface area contributed by atoms with E-state index in [4.69, 9.17) is 0 Å². The van der Waals surface area contributed by atoms with Gasteiger partial charge in [0, 0.05) is 43.7 Å². The third-order valence-electron chi connectivity index (χ3n) is 3.41. The largest absolute Gasteiger partial charge is 0.341 e. The molecule has 0 unspecified atom stereocenters. The summed E-state index contributed by atoms with van der Waals surface area (Å²) in [4.78, 5) is 17.8. The van der Waals surface area contributed by atoms with Crippen LogP contribution in [0.4, 0.5) is 0 Å². The Morgan fingerprint density at radius 3 is 2.85 bits per heavy atom. The number of carbonyl (C=O) groups is 1. The molecule has 0 N–H and O–H groups in total. The van der Waals surface area contributed by atoms with Crippen LogP contribution < -0.4 is 0 Å². The number of nitrogens with zero attached hydrogens (tertiary/aromatic N) is 2. The van der Waals surface area contributed by atoms with Gasteiger partial charge in [-0.1, -0.05) is 6.08 Å². The average Bonchev–Trinajstić information content (AvgIpc) is 2.71. The van der Waals surface area contributed by atoms with Crippen LogP contribution in [-0.2, 0) is 21.2 Å². The maximum atomic E-state index is 12.1. The molecule has 1 amide bonds. The second-order valence-corrected chi connectivity index (χ2v) is 7.11. The normalized spacial score (nSPS) is 20.0. The van der Waals surface area contributed by atoms with E-state index in [1.807, 2.05) is 13.0 Å². The van der Waals surface area contributed by atoms with Crippen molar-refractivity contribution in [2.24, 2.45) is 5.92 Å². The van der Waals surface area contributed by atoms with E-state index in [0.717, 1.165) is 11.1 Å². The molecule has 0 spiro atoms. The first-order valence-electron chi connectivity index (χ1n) is 6.42. The molecule has 0 saturated carbocycles. The summed E-state index contributed by atoms with van der Waals surface area (Å²) in [5.41, 5.74) is 2.08. The van der Waals surface area contributed by atoms with Crippen LogP contribution in [0.25, 0.3) is 0 Å². The molecule has 2 heterocycles. The van der Waals surface area contributed by atoms with Crippen LogP contribution in [0.5, 0.6) is 0 Å². The highest BCUT2D eigenvalue weighted by molar-refractivity contribution is 7.94. The van der Waals surface area contributed by atoms with Crippen molar-refractivity contribution in [3.8, 4) is 0 Å². The molecule has 0 saturated heterocycles. The lowest BCUT2D eigenvalue weighted by atomic mass is 10.1. The molecule has 1 aromatic rings. The van der Waals surface area contributed by atoms with Crippen molar-refractivity contribution in [2.45, 2.75) is 19.9 Å². The summed E-state index contributed by atoms with van der Waals surface area (Å²) in [7, 11) is -1.36. The van der Waals surface area contributed by atoms with Gasteiger partial charge in [-0.05, 0) is 24.1 Å². The fraction of sp³-hybridized carbons (Fsp3) is 0.429. The van der Waals surface area contributed by atoms with Gasteiger partial charge in [0.1, 0.15) is 0 Å². The summed E-state index contributed by atoms with van der Waals surface area (Å²) in [6, 6.07) is 1.89. The summed E-state index contributed by atoms with van der Waals surface area (Å²) >= 11 is 0. The van der Waals surface area contributed by atoms with E-state index in [2.05, 4.69) is 4.98 Å². The van der Waals surface area contributed by atoms with Crippen LogP contribution in [0.15, 0.2) is 29.9 Å². The minimum atomic E-state index is -3.09. The third kappa shape index (κ3) is 3.66. The maximum Gasteiger partial charge on any atom is 0.223 e. The molecule has 0 bridgehead atoms. The van der Waals surface area contributed by atoms with E-state index in [0.29, 0.717) is 6.54 Å². The van der Waals surface area contributed by atoms with Crippen LogP contribution in [-0.4, -0.2) is 37.0 Å². The van der Waals surface area contributed by atoms with Crippen molar-refractivity contribution in [3.05, 3.63) is 41.1 Å². The van der Waals surface area contributed by atoms with E-state index in [1.165, 1.54) is 5.41 Å².